The molecule has 1 aromatic carbocycles. The second-order valence-electron chi connectivity index (χ2n) is 5.50. The van der Waals surface area contributed by atoms with E-state index >= 15 is 0 Å². The molecule has 0 aliphatic carbocycles. The van der Waals surface area contributed by atoms with Crippen molar-refractivity contribution in [1.29, 1.82) is 0 Å². The standard InChI is InChI=1S/C19H16ClN3O4/c1-26-17-5-4-13(10-15(17)20)23-18(24)12-6-7-21-16(9-12)19(25)22-11-14-3-2-8-27-14/h2-10H,11H2,1H3,(H,22,25)(H,23,24). The average Bonchev–Trinajstić information content (AvgIpc) is 3.20. The Labute approximate surface area is 160 Å². The number of aromatic nitrogens is 1. The second-order valence-corrected chi connectivity index (χ2v) is 5.90. The number of furan rings is 1. The lowest BCUT2D eigenvalue weighted by molar-refractivity contribution is 0.0943. The molecule has 0 saturated carbocycles. The van der Waals surface area contributed by atoms with Crippen LogP contribution in [-0.2, 0) is 6.54 Å². The number of carbonyl (C=O) groups excluding carboxylic acids is 2. The van der Waals surface area contributed by atoms with Crippen molar-refractivity contribution in [3.63, 3.8) is 0 Å². The Balaban J connectivity index is 1.67. The number of amides is 2. The molecule has 0 radical (unpaired) electrons. The van der Waals surface area contributed by atoms with Crippen LogP contribution in [0, 0.1) is 0 Å². The fraction of sp³-hybridized carbons (Fsp3) is 0.105. The summed E-state index contributed by atoms with van der Waals surface area (Å²) in [6, 6.07) is 11.3. The molecule has 3 rings (SSSR count). The van der Waals surface area contributed by atoms with E-state index in [4.69, 9.17) is 20.8 Å². The third kappa shape index (κ3) is 4.65. The molecule has 2 aromatic heterocycles. The van der Waals surface area contributed by atoms with E-state index in [2.05, 4.69) is 15.6 Å². The fourth-order valence-corrected chi connectivity index (χ4v) is 2.57. The third-order valence-corrected chi connectivity index (χ3v) is 3.96. The van der Waals surface area contributed by atoms with Gasteiger partial charge in [0, 0.05) is 17.4 Å². The Hall–Kier alpha value is -3.32. The highest BCUT2D eigenvalue weighted by Crippen LogP contribution is 2.27. The number of hydrogen-bond donors (Lipinski definition) is 2. The van der Waals surface area contributed by atoms with Gasteiger partial charge in [0.1, 0.15) is 17.2 Å². The molecule has 3 aromatic rings. The van der Waals surface area contributed by atoms with E-state index < -0.39 is 11.8 Å². The van der Waals surface area contributed by atoms with Gasteiger partial charge in [0.05, 0.1) is 24.9 Å². The minimum absolute atomic E-state index is 0.127. The maximum Gasteiger partial charge on any atom is 0.270 e. The molecule has 0 fully saturated rings. The quantitative estimate of drug-likeness (QED) is 0.677. The summed E-state index contributed by atoms with van der Waals surface area (Å²) in [6.07, 6.45) is 2.92. The molecule has 138 valence electrons. The number of pyridine rings is 1. The predicted octanol–water partition coefficient (Wildman–Crippen LogP) is 3.52. The van der Waals surface area contributed by atoms with E-state index in [0.717, 1.165) is 0 Å². The molecular weight excluding hydrogens is 370 g/mol. The molecule has 2 N–H and O–H groups in total. The highest BCUT2D eigenvalue weighted by atomic mass is 35.5. The lowest BCUT2D eigenvalue weighted by atomic mass is 10.2. The number of benzene rings is 1. The first-order chi connectivity index (χ1) is 13.1. The summed E-state index contributed by atoms with van der Waals surface area (Å²) in [5.41, 5.74) is 0.925. The first-order valence-electron chi connectivity index (χ1n) is 7.98. The van der Waals surface area contributed by atoms with Crippen molar-refractivity contribution in [2.45, 2.75) is 6.54 Å². The minimum atomic E-state index is -0.409. The lowest BCUT2D eigenvalue weighted by Gasteiger charge is -2.09. The van der Waals surface area contributed by atoms with Gasteiger partial charge in [-0.1, -0.05) is 11.6 Å². The number of anilines is 1. The summed E-state index contributed by atoms with van der Waals surface area (Å²) >= 11 is 6.06. The summed E-state index contributed by atoms with van der Waals surface area (Å²) in [5, 5.41) is 5.77. The van der Waals surface area contributed by atoms with Crippen molar-refractivity contribution in [3.05, 3.63) is 77.0 Å². The van der Waals surface area contributed by atoms with Crippen LogP contribution in [0.4, 0.5) is 5.69 Å². The second kappa shape index (κ2) is 8.37. The van der Waals surface area contributed by atoms with Gasteiger partial charge >= 0.3 is 0 Å². The zero-order valence-corrected chi connectivity index (χ0v) is 15.1. The average molecular weight is 386 g/mol. The van der Waals surface area contributed by atoms with Crippen molar-refractivity contribution < 1.29 is 18.7 Å². The minimum Gasteiger partial charge on any atom is -0.495 e. The van der Waals surface area contributed by atoms with Gasteiger partial charge in [-0.15, -0.1) is 0 Å². The topological polar surface area (TPSA) is 93.5 Å². The van der Waals surface area contributed by atoms with Gasteiger partial charge in [-0.05, 0) is 42.5 Å². The van der Waals surface area contributed by atoms with Gasteiger partial charge in [0.2, 0.25) is 0 Å². The van der Waals surface area contributed by atoms with Crippen LogP contribution in [0.15, 0.2) is 59.3 Å². The van der Waals surface area contributed by atoms with Crippen LogP contribution in [0.5, 0.6) is 5.75 Å². The molecule has 0 unspecified atom stereocenters. The van der Waals surface area contributed by atoms with Gasteiger partial charge in [0.15, 0.2) is 0 Å². The maximum atomic E-state index is 12.4. The van der Waals surface area contributed by atoms with Gasteiger partial charge < -0.3 is 19.8 Å². The lowest BCUT2D eigenvalue weighted by Crippen LogP contribution is -2.24. The van der Waals surface area contributed by atoms with E-state index in [0.29, 0.717) is 27.8 Å². The van der Waals surface area contributed by atoms with Crippen LogP contribution in [0.2, 0.25) is 5.02 Å². The van der Waals surface area contributed by atoms with Gasteiger partial charge in [-0.2, -0.15) is 0 Å². The number of hydrogen-bond acceptors (Lipinski definition) is 5. The van der Waals surface area contributed by atoms with Gasteiger partial charge in [-0.3, -0.25) is 14.6 Å². The molecule has 0 aliphatic heterocycles. The zero-order valence-electron chi connectivity index (χ0n) is 14.4. The fourth-order valence-electron chi connectivity index (χ4n) is 2.31. The SMILES string of the molecule is COc1ccc(NC(=O)c2ccnc(C(=O)NCc3ccco3)c2)cc1Cl. The maximum absolute atomic E-state index is 12.4. The van der Waals surface area contributed by atoms with Crippen molar-refractivity contribution >= 4 is 29.1 Å². The van der Waals surface area contributed by atoms with Crippen molar-refractivity contribution in [1.82, 2.24) is 10.3 Å². The molecule has 0 atom stereocenters. The smallest absolute Gasteiger partial charge is 0.270 e. The summed E-state index contributed by atoms with van der Waals surface area (Å²) in [4.78, 5) is 28.7. The largest absolute Gasteiger partial charge is 0.495 e. The molecular formula is C19H16ClN3O4. The Morgan fingerprint density at radius 1 is 1.19 bits per heavy atom. The van der Waals surface area contributed by atoms with Gasteiger partial charge in [-0.25, -0.2) is 0 Å². The number of carbonyl (C=O) groups is 2. The first-order valence-corrected chi connectivity index (χ1v) is 8.36. The molecule has 0 saturated heterocycles. The molecule has 0 aliphatic rings. The van der Waals surface area contributed by atoms with Crippen LogP contribution in [0.25, 0.3) is 0 Å². The molecule has 2 heterocycles. The van der Waals surface area contributed by atoms with Crippen molar-refractivity contribution in [2.75, 3.05) is 12.4 Å². The van der Waals surface area contributed by atoms with Crippen molar-refractivity contribution in [2.24, 2.45) is 0 Å². The number of methoxy groups -OCH3 is 1. The van der Waals surface area contributed by atoms with Crippen LogP contribution < -0.4 is 15.4 Å². The molecule has 7 nitrogen and oxygen atoms in total. The number of nitrogens with one attached hydrogen (secondary N) is 2. The van der Waals surface area contributed by atoms with E-state index in [1.54, 1.807) is 30.3 Å². The molecule has 27 heavy (non-hydrogen) atoms. The summed E-state index contributed by atoms with van der Waals surface area (Å²) in [7, 11) is 1.51. The van der Waals surface area contributed by atoms with E-state index in [9.17, 15) is 9.59 Å². The normalized spacial score (nSPS) is 10.3. The van der Waals surface area contributed by atoms with Gasteiger partial charge in [0.25, 0.3) is 11.8 Å². The van der Waals surface area contributed by atoms with Crippen LogP contribution >= 0.6 is 11.6 Å². The van der Waals surface area contributed by atoms with Crippen LogP contribution in [0.1, 0.15) is 26.6 Å². The molecule has 8 heteroatoms. The Morgan fingerprint density at radius 3 is 2.74 bits per heavy atom. The summed E-state index contributed by atoms with van der Waals surface area (Å²) in [6.45, 7) is 0.230. The number of halogens is 1. The third-order valence-electron chi connectivity index (χ3n) is 3.67. The van der Waals surface area contributed by atoms with E-state index in [-0.39, 0.29) is 12.2 Å². The highest BCUT2D eigenvalue weighted by molar-refractivity contribution is 6.32. The molecule has 0 bridgehead atoms. The van der Waals surface area contributed by atoms with Crippen LogP contribution in [0.3, 0.4) is 0 Å². The highest BCUT2D eigenvalue weighted by Gasteiger charge is 2.13. The predicted molar refractivity (Wildman–Crippen MR) is 100 cm³/mol. The summed E-state index contributed by atoms with van der Waals surface area (Å²) in [5.74, 6) is 0.329. The monoisotopic (exact) mass is 385 g/mol. The van der Waals surface area contributed by atoms with E-state index in [1.165, 1.54) is 31.7 Å². The first kappa shape index (κ1) is 18.5. The van der Waals surface area contributed by atoms with E-state index in [1.807, 2.05) is 0 Å². The Kier molecular flexibility index (Phi) is 5.73. The Morgan fingerprint density at radius 2 is 2.04 bits per heavy atom. The number of rotatable bonds is 6. The Bertz CT molecular complexity index is 957. The molecule has 0 spiro atoms. The molecule has 2 amide bonds. The van der Waals surface area contributed by atoms with Crippen LogP contribution in [-0.4, -0.2) is 23.9 Å². The van der Waals surface area contributed by atoms with Crippen molar-refractivity contribution in [3.8, 4) is 5.75 Å². The zero-order chi connectivity index (χ0) is 19.2. The number of ether oxygens (including phenoxy) is 1. The number of nitrogens with zero attached hydrogens (tertiary/aromatic N) is 1. The summed E-state index contributed by atoms with van der Waals surface area (Å²) < 4.78 is 10.2.